The van der Waals surface area contributed by atoms with Gasteiger partial charge in [0.15, 0.2) is 0 Å². The van der Waals surface area contributed by atoms with Gasteiger partial charge in [0, 0.05) is 29.4 Å². The number of rotatable bonds is 7. The second-order valence-corrected chi connectivity index (χ2v) is 6.55. The van der Waals surface area contributed by atoms with Crippen LogP contribution in [0, 0.1) is 0 Å². The van der Waals surface area contributed by atoms with Gasteiger partial charge >= 0.3 is 0 Å². The van der Waals surface area contributed by atoms with E-state index in [1.54, 1.807) is 30.5 Å². The van der Waals surface area contributed by atoms with E-state index in [9.17, 15) is 13.8 Å². The highest BCUT2D eigenvalue weighted by atomic mass is 32.2. The van der Waals surface area contributed by atoms with Crippen molar-refractivity contribution in [3.8, 4) is 0 Å². The molecule has 108 valence electrons. The van der Waals surface area contributed by atoms with Gasteiger partial charge in [0.2, 0.25) is 0 Å². The van der Waals surface area contributed by atoms with Gasteiger partial charge in [-0.15, -0.1) is 0 Å². The van der Waals surface area contributed by atoms with Gasteiger partial charge in [-0.1, -0.05) is 25.0 Å². The van der Waals surface area contributed by atoms with Crippen LogP contribution in [0.15, 0.2) is 24.3 Å². The van der Waals surface area contributed by atoms with E-state index in [1.165, 1.54) is 4.90 Å². The first-order chi connectivity index (χ1) is 9.61. The number of hydrogen-bond donors (Lipinski definition) is 0. The average molecular weight is 293 g/mol. The summed E-state index contributed by atoms with van der Waals surface area (Å²) in [6, 6.07) is 6.95. The van der Waals surface area contributed by atoms with Crippen molar-refractivity contribution in [2.45, 2.75) is 25.7 Å². The smallest absolute Gasteiger partial charge is 0.261 e. The molecule has 0 fully saturated rings. The summed E-state index contributed by atoms with van der Waals surface area (Å²) < 4.78 is 10.9. The third-order valence-corrected chi connectivity index (χ3v) is 4.31. The number of unbranched alkanes of at least 4 members (excludes halogenated alkanes) is 3. The fourth-order valence-electron chi connectivity index (χ4n) is 2.37. The highest BCUT2D eigenvalue weighted by Crippen LogP contribution is 2.22. The Labute approximate surface area is 121 Å². The molecule has 0 aromatic heterocycles. The van der Waals surface area contributed by atoms with Crippen molar-refractivity contribution in [2.24, 2.45) is 0 Å². The highest BCUT2D eigenvalue weighted by molar-refractivity contribution is 7.84. The van der Waals surface area contributed by atoms with Gasteiger partial charge in [-0.05, 0) is 25.0 Å². The van der Waals surface area contributed by atoms with E-state index in [0.717, 1.165) is 31.4 Å². The molecule has 1 aromatic rings. The Kier molecular flexibility index (Phi) is 5.06. The molecular weight excluding hydrogens is 274 g/mol. The fraction of sp³-hybridized carbons (Fsp3) is 0.467. The predicted octanol–water partition coefficient (Wildman–Crippen LogP) is 2.22. The first-order valence-corrected chi connectivity index (χ1v) is 8.59. The first kappa shape index (κ1) is 14.9. The Bertz CT molecular complexity index is 507. The molecule has 1 atom stereocenters. The van der Waals surface area contributed by atoms with Crippen LogP contribution in [0.1, 0.15) is 46.4 Å². The zero-order valence-corrected chi connectivity index (χ0v) is 12.4. The molecule has 0 radical (unpaired) electrons. The average Bonchev–Trinajstić information content (AvgIpc) is 2.67. The monoisotopic (exact) mass is 293 g/mol. The van der Waals surface area contributed by atoms with Crippen molar-refractivity contribution < 1.29 is 13.8 Å². The van der Waals surface area contributed by atoms with Gasteiger partial charge in [-0.3, -0.25) is 18.7 Å². The number of benzene rings is 1. The Hall–Kier alpha value is -1.49. The molecule has 0 N–H and O–H groups in total. The zero-order chi connectivity index (χ0) is 14.5. The van der Waals surface area contributed by atoms with Crippen molar-refractivity contribution in [2.75, 3.05) is 18.6 Å². The van der Waals surface area contributed by atoms with E-state index in [2.05, 4.69) is 0 Å². The van der Waals surface area contributed by atoms with Gasteiger partial charge in [-0.2, -0.15) is 0 Å². The summed E-state index contributed by atoms with van der Waals surface area (Å²) in [7, 11) is -0.730. The molecule has 1 aliphatic rings. The van der Waals surface area contributed by atoms with Crippen LogP contribution in [0.3, 0.4) is 0 Å². The van der Waals surface area contributed by atoms with Gasteiger partial charge in [0.25, 0.3) is 11.8 Å². The third-order valence-electron chi connectivity index (χ3n) is 3.44. The van der Waals surface area contributed by atoms with Crippen molar-refractivity contribution in [1.82, 2.24) is 4.90 Å². The molecule has 2 rings (SSSR count). The largest absolute Gasteiger partial charge is 0.274 e. The van der Waals surface area contributed by atoms with E-state index >= 15 is 0 Å². The number of carbonyl (C=O) groups is 2. The maximum atomic E-state index is 12.1. The SMILES string of the molecule is C[S@](=O)CCCCCCN1C(=O)c2ccccc2C1=O. The molecule has 20 heavy (non-hydrogen) atoms. The molecule has 0 spiro atoms. The van der Waals surface area contributed by atoms with Crippen LogP contribution in [0.4, 0.5) is 0 Å². The highest BCUT2D eigenvalue weighted by Gasteiger charge is 2.34. The first-order valence-electron chi connectivity index (χ1n) is 6.86. The maximum absolute atomic E-state index is 12.1. The summed E-state index contributed by atoms with van der Waals surface area (Å²) in [5, 5.41) is 0. The van der Waals surface area contributed by atoms with Crippen LogP contribution in [0.5, 0.6) is 0 Å². The van der Waals surface area contributed by atoms with Crippen molar-refractivity contribution in [3.05, 3.63) is 35.4 Å². The minimum absolute atomic E-state index is 0.180. The minimum atomic E-state index is -0.730. The van der Waals surface area contributed by atoms with Gasteiger partial charge in [0.05, 0.1) is 11.1 Å². The Morgan fingerprint density at radius 3 is 2.05 bits per heavy atom. The van der Waals surface area contributed by atoms with Gasteiger partial charge in [0.1, 0.15) is 0 Å². The molecule has 1 aliphatic heterocycles. The van der Waals surface area contributed by atoms with Crippen LogP contribution in [0.25, 0.3) is 0 Å². The molecule has 0 saturated carbocycles. The third kappa shape index (κ3) is 3.33. The topological polar surface area (TPSA) is 54.5 Å². The quantitative estimate of drug-likeness (QED) is 0.572. The molecule has 2 amide bonds. The van der Waals surface area contributed by atoms with E-state index in [1.807, 2.05) is 0 Å². The number of imide groups is 1. The summed E-state index contributed by atoms with van der Waals surface area (Å²) in [5.74, 6) is 0.369. The number of nitrogens with zero attached hydrogens (tertiary/aromatic N) is 1. The Balaban J connectivity index is 1.79. The zero-order valence-electron chi connectivity index (χ0n) is 11.6. The van der Waals surface area contributed by atoms with Gasteiger partial charge < -0.3 is 0 Å². The lowest BCUT2D eigenvalue weighted by molar-refractivity contribution is 0.0651. The van der Waals surface area contributed by atoms with Crippen LogP contribution in [-0.2, 0) is 10.8 Å². The Morgan fingerprint density at radius 1 is 0.950 bits per heavy atom. The van der Waals surface area contributed by atoms with E-state index in [4.69, 9.17) is 0 Å². The maximum Gasteiger partial charge on any atom is 0.261 e. The number of amides is 2. The lowest BCUT2D eigenvalue weighted by Crippen LogP contribution is -2.30. The normalized spacial score (nSPS) is 15.6. The molecule has 0 saturated heterocycles. The summed E-state index contributed by atoms with van der Waals surface area (Å²) in [6.07, 6.45) is 5.39. The lowest BCUT2D eigenvalue weighted by Gasteiger charge is -2.13. The fourth-order valence-corrected chi connectivity index (χ4v) is 2.98. The number of hydrogen-bond acceptors (Lipinski definition) is 3. The van der Waals surface area contributed by atoms with Crippen LogP contribution in [0.2, 0.25) is 0 Å². The van der Waals surface area contributed by atoms with Crippen LogP contribution >= 0.6 is 0 Å². The van der Waals surface area contributed by atoms with Crippen molar-refractivity contribution in [3.63, 3.8) is 0 Å². The number of fused-ring (bicyclic) bond motifs is 1. The van der Waals surface area contributed by atoms with Crippen LogP contribution < -0.4 is 0 Å². The summed E-state index contributed by atoms with van der Waals surface area (Å²) in [5.41, 5.74) is 1.03. The minimum Gasteiger partial charge on any atom is -0.274 e. The summed E-state index contributed by atoms with van der Waals surface area (Å²) in [6.45, 7) is 0.474. The van der Waals surface area contributed by atoms with Gasteiger partial charge in [-0.25, -0.2) is 0 Å². The summed E-state index contributed by atoms with van der Waals surface area (Å²) in [4.78, 5) is 25.5. The van der Waals surface area contributed by atoms with Crippen molar-refractivity contribution >= 4 is 22.6 Å². The van der Waals surface area contributed by atoms with E-state index in [0.29, 0.717) is 17.7 Å². The summed E-state index contributed by atoms with van der Waals surface area (Å²) >= 11 is 0. The van der Waals surface area contributed by atoms with Crippen LogP contribution in [-0.4, -0.2) is 39.5 Å². The molecule has 1 aromatic carbocycles. The van der Waals surface area contributed by atoms with E-state index in [-0.39, 0.29) is 11.8 Å². The second kappa shape index (κ2) is 6.79. The molecule has 0 unspecified atom stereocenters. The van der Waals surface area contributed by atoms with Crippen molar-refractivity contribution in [1.29, 1.82) is 0 Å². The number of carbonyl (C=O) groups excluding carboxylic acids is 2. The van der Waals surface area contributed by atoms with E-state index < -0.39 is 10.8 Å². The predicted molar refractivity (Wildman–Crippen MR) is 79.2 cm³/mol. The lowest BCUT2D eigenvalue weighted by atomic mass is 10.1. The molecule has 0 bridgehead atoms. The molecule has 1 heterocycles. The Morgan fingerprint density at radius 2 is 1.50 bits per heavy atom. The molecular formula is C15H19NO3S. The molecule has 4 nitrogen and oxygen atoms in total. The second-order valence-electron chi connectivity index (χ2n) is 5.00. The molecule has 5 heteroatoms. The molecule has 0 aliphatic carbocycles. The standard InChI is InChI=1S/C15H19NO3S/c1-20(19)11-7-3-2-6-10-16-14(17)12-8-4-5-9-13(12)15(16)18/h4-5,8-9H,2-3,6-7,10-11H2,1H3/t20-/m0/s1.